The Morgan fingerprint density at radius 3 is 2.47 bits per heavy atom. The average Bonchev–Trinajstić information content (AvgIpc) is 2.78. The van der Waals surface area contributed by atoms with E-state index < -0.39 is 0 Å². The third-order valence-corrected chi connectivity index (χ3v) is 5.73. The first-order valence-electron chi connectivity index (χ1n) is 10.8. The van der Waals surface area contributed by atoms with Gasteiger partial charge in [-0.1, -0.05) is 36.9 Å². The van der Waals surface area contributed by atoms with Gasteiger partial charge in [-0.25, -0.2) is 0 Å². The molecule has 3 rings (SSSR count). The summed E-state index contributed by atoms with van der Waals surface area (Å²) in [7, 11) is 3.35. The molecule has 3 amide bonds. The Bertz CT molecular complexity index is 987. The normalized spacial score (nSPS) is 13.8. The van der Waals surface area contributed by atoms with E-state index in [-0.39, 0.29) is 30.3 Å². The van der Waals surface area contributed by atoms with Crippen molar-refractivity contribution in [1.82, 2.24) is 10.2 Å². The van der Waals surface area contributed by atoms with E-state index in [0.29, 0.717) is 27.5 Å². The zero-order valence-corrected chi connectivity index (χ0v) is 19.2. The Hall–Kier alpha value is -3.06. The molecule has 0 aliphatic heterocycles. The van der Waals surface area contributed by atoms with E-state index in [4.69, 9.17) is 11.6 Å². The standard InChI is InChI=1S/C24H29ClN4O3/c1-29(2)24(32)16-7-6-10-19(13-16)27-22(30)15-26-18-11-12-21(25)20(14-18)23(31)28-17-8-4-3-5-9-17/h6-7,10-14,17,26H,3-5,8-9,15H2,1-2H3,(H,27,30)(H,28,31). The van der Waals surface area contributed by atoms with Gasteiger partial charge in [0.05, 0.1) is 17.1 Å². The van der Waals surface area contributed by atoms with Gasteiger partial charge in [0.1, 0.15) is 0 Å². The van der Waals surface area contributed by atoms with Crippen molar-refractivity contribution in [3.8, 4) is 0 Å². The Morgan fingerprint density at radius 2 is 1.75 bits per heavy atom. The molecule has 0 saturated heterocycles. The van der Waals surface area contributed by atoms with Gasteiger partial charge < -0.3 is 20.9 Å². The van der Waals surface area contributed by atoms with Gasteiger partial charge in [0.25, 0.3) is 11.8 Å². The fourth-order valence-electron chi connectivity index (χ4n) is 3.70. The van der Waals surface area contributed by atoms with Crippen LogP contribution in [-0.4, -0.2) is 49.3 Å². The minimum Gasteiger partial charge on any atom is -0.376 e. The van der Waals surface area contributed by atoms with Crippen LogP contribution in [0.5, 0.6) is 0 Å². The van der Waals surface area contributed by atoms with Gasteiger partial charge in [-0.2, -0.15) is 0 Å². The zero-order valence-electron chi connectivity index (χ0n) is 18.4. The summed E-state index contributed by atoms with van der Waals surface area (Å²) in [5.74, 6) is -0.612. The van der Waals surface area contributed by atoms with Gasteiger partial charge in [-0.15, -0.1) is 0 Å². The highest BCUT2D eigenvalue weighted by Crippen LogP contribution is 2.23. The SMILES string of the molecule is CN(C)C(=O)c1cccc(NC(=O)CNc2ccc(Cl)c(C(=O)NC3CCCCC3)c2)c1. The molecule has 0 unspecified atom stereocenters. The van der Waals surface area contributed by atoms with E-state index in [1.54, 1.807) is 56.6 Å². The number of anilines is 2. The summed E-state index contributed by atoms with van der Waals surface area (Å²) in [6.07, 6.45) is 5.44. The highest BCUT2D eigenvalue weighted by molar-refractivity contribution is 6.34. The largest absolute Gasteiger partial charge is 0.376 e. The first-order valence-corrected chi connectivity index (χ1v) is 11.2. The van der Waals surface area contributed by atoms with Crippen molar-refractivity contribution < 1.29 is 14.4 Å². The lowest BCUT2D eigenvalue weighted by molar-refractivity contribution is -0.114. The van der Waals surface area contributed by atoms with Gasteiger partial charge >= 0.3 is 0 Å². The Morgan fingerprint density at radius 1 is 1.00 bits per heavy atom. The second-order valence-corrected chi connectivity index (χ2v) is 8.59. The molecule has 170 valence electrons. The number of carbonyl (C=O) groups excluding carboxylic acids is 3. The molecule has 1 fully saturated rings. The highest BCUT2D eigenvalue weighted by atomic mass is 35.5. The van der Waals surface area contributed by atoms with Crippen molar-refractivity contribution >= 4 is 40.7 Å². The number of hydrogen-bond acceptors (Lipinski definition) is 4. The number of halogens is 1. The zero-order chi connectivity index (χ0) is 23.1. The van der Waals surface area contributed by atoms with Crippen LogP contribution in [0.4, 0.5) is 11.4 Å². The predicted octanol–water partition coefficient (Wildman–Crippen LogP) is 4.15. The third kappa shape index (κ3) is 6.47. The predicted molar refractivity (Wildman–Crippen MR) is 127 cm³/mol. The van der Waals surface area contributed by atoms with Crippen LogP contribution in [0.15, 0.2) is 42.5 Å². The number of amides is 3. The molecule has 1 aliphatic carbocycles. The monoisotopic (exact) mass is 456 g/mol. The summed E-state index contributed by atoms with van der Waals surface area (Å²) < 4.78 is 0. The fraction of sp³-hybridized carbons (Fsp3) is 0.375. The highest BCUT2D eigenvalue weighted by Gasteiger charge is 2.19. The summed E-state index contributed by atoms with van der Waals surface area (Å²) in [4.78, 5) is 38.6. The smallest absolute Gasteiger partial charge is 0.253 e. The van der Waals surface area contributed by atoms with E-state index in [0.717, 1.165) is 25.7 Å². The Balaban J connectivity index is 1.58. The van der Waals surface area contributed by atoms with Crippen LogP contribution < -0.4 is 16.0 Å². The van der Waals surface area contributed by atoms with Crippen molar-refractivity contribution in [2.75, 3.05) is 31.3 Å². The molecule has 0 aromatic heterocycles. The summed E-state index contributed by atoms with van der Waals surface area (Å²) in [6.45, 7) is -0.00281. The number of nitrogens with zero attached hydrogens (tertiary/aromatic N) is 1. The number of benzene rings is 2. The number of carbonyl (C=O) groups is 3. The van der Waals surface area contributed by atoms with Crippen molar-refractivity contribution in [3.05, 3.63) is 58.6 Å². The molecule has 7 nitrogen and oxygen atoms in total. The van der Waals surface area contributed by atoms with E-state index >= 15 is 0 Å². The molecular weight excluding hydrogens is 428 g/mol. The van der Waals surface area contributed by atoms with Gasteiger partial charge in [-0.05, 0) is 49.2 Å². The van der Waals surface area contributed by atoms with Crippen LogP contribution >= 0.6 is 11.6 Å². The van der Waals surface area contributed by atoms with E-state index in [9.17, 15) is 14.4 Å². The molecule has 0 radical (unpaired) electrons. The molecule has 8 heteroatoms. The Labute approximate surface area is 193 Å². The second kappa shape index (κ2) is 11.0. The van der Waals surface area contributed by atoms with E-state index in [2.05, 4.69) is 16.0 Å². The van der Waals surface area contributed by atoms with Crippen LogP contribution in [-0.2, 0) is 4.79 Å². The molecule has 3 N–H and O–H groups in total. The van der Waals surface area contributed by atoms with Gasteiger partial charge in [0.2, 0.25) is 5.91 Å². The Kier molecular flexibility index (Phi) is 8.11. The molecule has 1 saturated carbocycles. The van der Waals surface area contributed by atoms with Crippen LogP contribution in [0.2, 0.25) is 5.02 Å². The minimum absolute atomic E-state index is 0.00281. The topological polar surface area (TPSA) is 90.5 Å². The summed E-state index contributed by atoms with van der Waals surface area (Å²) in [5, 5.41) is 9.22. The van der Waals surface area contributed by atoms with Crippen LogP contribution in [0, 0.1) is 0 Å². The summed E-state index contributed by atoms with van der Waals surface area (Å²) >= 11 is 6.24. The maximum absolute atomic E-state index is 12.7. The maximum atomic E-state index is 12.7. The number of nitrogens with one attached hydrogen (secondary N) is 3. The molecule has 0 spiro atoms. The minimum atomic E-state index is -0.275. The molecule has 2 aromatic rings. The van der Waals surface area contributed by atoms with Crippen molar-refractivity contribution in [3.63, 3.8) is 0 Å². The molecule has 0 bridgehead atoms. The lowest BCUT2D eigenvalue weighted by Crippen LogP contribution is -2.36. The maximum Gasteiger partial charge on any atom is 0.253 e. The summed E-state index contributed by atoms with van der Waals surface area (Å²) in [5.41, 5.74) is 2.03. The third-order valence-electron chi connectivity index (χ3n) is 5.40. The van der Waals surface area contributed by atoms with Gasteiger partial charge in [0, 0.05) is 37.1 Å². The molecule has 2 aromatic carbocycles. The first-order chi connectivity index (χ1) is 15.3. The van der Waals surface area contributed by atoms with Gasteiger partial charge in [-0.3, -0.25) is 14.4 Å². The van der Waals surface area contributed by atoms with Crippen molar-refractivity contribution in [2.24, 2.45) is 0 Å². The number of hydrogen-bond donors (Lipinski definition) is 3. The quantitative estimate of drug-likeness (QED) is 0.583. The van der Waals surface area contributed by atoms with Gasteiger partial charge in [0.15, 0.2) is 0 Å². The van der Waals surface area contributed by atoms with Crippen LogP contribution in [0.1, 0.15) is 52.8 Å². The van der Waals surface area contributed by atoms with E-state index in [1.807, 2.05) is 0 Å². The second-order valence-electron chi connectivity index (χ2n) is 8.19. The van der Waals surface area contributed by atoms with Crippen molar-refractivity contribution in [2.45, 2.75) is 38.1 Å². The lowest BCUT2D eigenvalue weighted by atomic mass is 9.95. The molecule has 32 heavy (non-hydrogen) atoms. The first kappa shape index (κ1) is 23.6. The van der Waals surface area contributed by atoms with Crippen LogP contribution in [0.3, 0.4) is 0 Å². The fourth-order valence-corrected chi connectivity index (χ4v) is 3.90. The van der Waals surface area contributed by atoms with Crippen molar-refractivity contribution in [1.29, 1.82) is 0 Å². The lowest BCUT2D eigenvalue weighted by Gasteiger charge is -2.23. The number of rotatable bonds is 7. The van der Waals surface area contributed by atoms with E-state index in [1.165, 1.54) is 11.3 Å². The average molecular weight is 457 g/mol. The molecule has 0 heterocycles. The molecule has 1 aliphatic rings. The molecular formula is C24H29ClN4O3. The van der Waals surface area contributed by atoms with Crippen LogP contribution in [0.25, 0.3) is 0 Å². The summed E-state index contributed by atoms with van der Waals surface area (Å²) in [6, 6.07) is 12.0. The molecule has 0 atom stereocenters.